The number of rotatable bonds is 5. The van der Waals surface area contributed by atoms with Crippen LogP contribution in [0.25, 0.3) is 11.1 Å². The van der Waals surface area contributed by atoms with Crippen LogP contribution in [-0.4, -0.2) is 23.6 Å². The van der Waals surface area contributed by atoms with Gasteiger partial charge in [0.1, 0.15) is 0 Å². The van der Waals surface area contributed by atoms with E-state index in [0.29, 0.717) is 5.58 Å². The van der Waals surface area contributed by atoms with Crippen molar-refractivity contribution < 1.29 is 4.42 Å². The van der Waals surface area contributed by atoms with E-state index in [1.54, 1.807) is 0 Å². The maximum Gasteiger partial charge on any atom is 0.417 e. The molecule has 0 saturated carbocycles. The topological polar surface area (TPSA) is 84.0 Å². The zero-order valence-electron chi connectivity index (χ0n) is 10.7. The number of fused-ring (bicyclic) bond motifs is 1. The fourth-order valence-corrected chi connectivity index (χ4v) is 1.79. The Morgan fingerprint density at radius 3 is 2.94 bits per heavy atom. The quantitative estimate of drug-likeness (QED) is 0.690. The molecule has 0 radical (unpaired) electrons. The second-order valence-corrected chi connectivity index (χ2v) is 5.26. The van der Waals surface area contributed by atoms with E-state index in [4.69, 9.17) is 10.2 Å². The zero-order chi connectivity index (χ0) is 13.2. The summed E-state index contributed by atoms with van der Waals surface area (Å²) in [6, 6.07) is 5.74. The SMILES string of the molecule is CC(C)(N)CNCCc1ccc2[nH]c(=O)oc2c1. The summed E-state index contributed by atoms with van der Waals surface area (Å²) in [5, 5.41) is 3.30. The lowest BCUT2D eigenvalue weighted by Crippen LogP contribution is -2.43. The Kier molecular flexibility index (Phi) is 3.54. The molecule has 0 unspecified atom stereocenters. The van der Waals surface area contributed by atoms with Gasteiger partial charge in [0.05, 0.1) is 5.52 Å². The summed E-state index contributed by atoms with van der Waals surface area (Å²) in [4.78, 5) is 13.6. The summed E-state index contributed by atoms with van der Waals surface area (Å²) in [7, 11) is 0. The number of aromatic amines is 1. The number of nitrogens with two attached hydrogens (primary N) is 1. The molecular weight excluding hydrogens is 230 g/mol. The average Bonchev–Trinajstić information content (AvgIpc) is 2.62. The Morgan fingerprint density at radius 2 is 2.22 bits per heavy atom. The van der Waals surface area contributed by atoms with E-state index in [2.05, 4.69) is 10.3 Å². The second kappa shape index (κ2) is 4.96. The van der Waals surface area contributed by atoms with Crippen molar-refractivity contribution in [3.63, 3.8) is 0 Å². The summed E-state index contributed by atoms with van der Waals surface area (Å²) in [6.07, 6.45) is 0.876. The van der Waals surface area contributed by atoms with Crippen LogP contribution in [0, 0.1) is 0 Å². The third-order valence-corrected chi connectivity index (χ3v) is 2.66. The average molecular weight is 249 g/mol. The molecular formula is C13H19N3O2. The van der Waals surface area contributed by atoms with Gasteiger partial charge in [-0.2, -0.15) is 0 Å². The normalized spacial score (nSPS) is 12.2. The van der Waals surface area contributed by atoms with Crippen molar-refractivity contribution in [2.75, 3.05) is 13.1 Å². The van der Waals surface area contributed by atoms with Gasteiger partial charge in [-0.1, -0.05) is 6.07 Å². The summed E-state index contributed by atoms with van der Waals surface area (Å²) < 4.78 is 5.02. The van der Waals surface area contributed by atoms with E-state index in [-0.39, 0.29) is 5.54 Å². The van der Waals surface area contributed by atoms with E-state index in [9.17, 15) is 4.79 Å². The van der Waals surface area contributed by atoms with E-state index in [0.717, 1.165) is 30.6 Å². The van der Waals surface area contributed by atoms with Gasteiger partial charge in [-0.3, -0.25) is 4.98 Å². The summed E-state index contributed by atoms with van der Waals surface area (Å²) in [5.74, 6) is -0.412. The monoisotopic (exact) mass is 249 g/mol. The van der Waals surface area contributed by atoms with Crippen molar-refractivity contribution >= 4 is 11.1 Å². The Bertz CT molecular complexity index is 578. The van der Waals surface area contributed by atoms with Gasteiger partial charge in [0.15, 0.2) is 5.58 Å². The highest BCUT2D eigenvalue weighted by atomic mass is 16.4. The van der Waals surface area contributed by atoms with Gasteiger partial charge in [-0.25, -0.2) is 4.79 Å². The number of hydrogen-bond acceptors (Lipinski definition) is 4. The lowest BCUT2D eigenvalue weighted by Gasteiger charge is -2.18. The van der Waals surface area contributed by atoms with Gasteiger partial charge in [-0.05, 0) is 44.5 Å². The Labute approximate surface area is 105 Å². The van der Waals surface area contributed by atoms with Gasteiger partial charge < -0.3 is 15.5 Å². The standard InChI is InChI=1S/C13H19N3O2/c1-13(2,14)8-15-6-5-9-3-4-10-11(7-9)18-12(17)16-10/h3-4,7,15H,5-6,8,14H2,1-2H3,(H,16,17). The van der Waals surface area contributed by atoms with Crippen LogP contribution in [0.4, 0.5) is 0 Å². The molecule has 0 aliphatic heterocycles. The van der Waals surface area contributed by atoms with Gasteiger partial charge >= 0.3 is 5.76 Å². The van der Waals surface area contributed by atoms with Crippen LogP contribution in [0.1, 0.15) is 19.4 Å². The van der Waals surface area contributed by atoms with Crippen LogP contribution in [0.2, 0.25) is 0 Å². The van der Waals surface area contributed by atoms with Gasteiger partial charge in [0.25, 0.3) is 0 Å². The Morgan fingerprint density at radius 1 is 1.44 bits per heavy atom. The van der Waals surface area contributed by atoms with Crippen molar-refractivity contribution in [1.29, 1.82) is 0 Å². The van der Waals surface area contributed by atoms with Gasteiger partial charge in [0.2, 0.25) is 0 Å². The fourth-order valence-electron chi connectivity index (χ4n) is 1.79. The first kappa shape index (κ1) is 12.9. The van der Waals surface area contributed by atoms with Crippen LogP contribution in [0.15, 0.2) is 27.4 Å². The molecule has 0 spiro atoms. The Balaban J connectivity index is 1.93. The second-order valence-electron chi connectivity index (χ2n) is 5.26. The number of H-pyrrole nitrogens is 1. The smallest absolute Gasteiger partial charge is 0.408 e. The first-order chi connectivity index (χ1) is 8.44. The van der Waals surface area contributed by atoms with Crippen LogP contribution in [-0.2, 0) is 6.42 Å². The maximum absolute atomic E-state index is 11.0. The van der Waals surface area contributed by atoms with Crippen molar-refractivity contribution in [1.82, 2.24) is 10.3 Å². The highest BCUT2D eigenvalue weighted by molar-refractivity contribution is 5.72. The molecule has 2 rings (SSSR count). The van der Waals surface area contributed by atoms with Crippen LogP contribution >= 0.6 is 0 Å². The Hall–Kier alpha value is -1.59. The number of hydrogen-bond donors (Lipinski definition) is 3. The zero-order valence-corrected chi connectivity index (χ0v) is 10.7. The molecule has 1 aromatic heterocycles. The molecule has 4 N–H and O–H groups in total. The number of oxazole rings is 1. The summed E-state index contributed by atoms with van der Waals surface area (Å²) in [5.41, 5.74) is 8.15. The lowest BCUT2D eigenvalue weighted by atomic mass is 10.1. The highest BCUT2D eigenvalue weighted by Crippen LogP contribution is 2.12. The molecule has 18 heavy (non-hydrogen) atoms. The fraction of sp³-hybridized carbons (Fsp3) is 0.462. The first-order valence-electron chi connectivity index (χ1n) is 6.05. The molecule has 2 aromatic rings. The molecule has 5 heteroatoms. The minimum Gasteiger partial charge on any atom is -0.408 e. The first-order valence-corrected chi connectivity index (χ1v) is 6.05. The molecule has 0 atom stereocenters. The molecule has 0 saturated heterocycles. The van der Waals surface area contributed by atoms with E-state index < -0.39 is 5.76 Å². The number of nitrogens with one attached hydrogen (secondary N) is 2. The van der Waals surface area contributed by atoms with Gasteiger partial charge in [0, 0.05) is 12.1 Å². The number of benzene rings is 1. The minimum atomic E-state index is -0.412. The molecule has 0 fully saturated rings. The van der Waals surface area contributed by atoms with Crippen LogP contribution in [0.3, 0.4) is 0 Å². The van der Waals surface area contributed by atoms with Crippen LogP contribution in [0.5, 0.6) is 0 Å². The largest absolute Gasteiger partial charge is 0.417 e. The van der Waals surface area contributed by atoms with Crippen molar-refractivity contribution in [3.8, 4) is 0 Å². The molecule has 98 valence electrons. The van der Waals surface area contributed by atoms with E-state index in [1.807, 2.05) is 32.0 Å². The van der Waals surface area contributed by atoms with Crippen LogP contribution < -0.4 is 16.8 Å². The summed E-state index contributed by atoms with van der Waals surface area (Å²) >= 11 is 0. The maximum atomic E-state index is 11.0. The third kappa shape index (κ3) is 3.45. The lowest BCUT2D eigenvalue weighted by molar-refractivity contribution is 0.469. The molecule has 0 aliphatic rings. The molecule has 0 aliphatic carbocycles. The minimum absolute atomic E-state index is 0.197. The number of aromatic nitrogens is 1. The summed E-state index contributed by atoms with van der Waals surface area (Å²) in [6.45, 7) is 5.59. The molecule has 1 aromatic carbocycles. The van der Waals surface area contributed by atoms with Crippen molar-refractivity contribution in [2.24, 2.45) is 5.73 Å². The van der Waals surface area contributed by atoms with Crippen molar-refractivity contribution in [2.45, 2.75) is 25.8 Å². The predicted octanol–water partition coefficient (Wildman–Crippen LogP) is 0.990. The van der Waals surface area contributed by atoms with E-state index >= 15 is 0 Å². The van der Waals surface area contributed by atoms with Crippen molar-refractivity contribution in [3.05, 3.63) is 34.3 Å². The molecule has 0 amide bonds. The molecule has 0 bridgehead atoms. The molecule has 1 heterocycles. The van der Waals surface area contributed by atoms with E-state index in [1.165, 1.54) is 0 Å². The molecule has 5 nitrogen and oxygen atoms in total. The third-order valence-electron chi connectivity index (χ3n) is 2.66. The highest BCUT2D eigenvalue weighted by Gasteiger charge is 2.09. The predicted molar refractivity (Wildman–Crippen MR) is 71.7 cm³/mol. The van der Waals surface area contributed by atoms with Gasteiger partial charge in [-0.15, -0.1) is 0 Å².